The van der Waals surface area contributed by atoms with Gasteiger partial charge in [0.1, 0.15) is 5.82 Å². The van der Waals surface area contributed by atoms with E-state index in [0.717, 1.165) is 6.07 Å². The molecule has 0 heterocycles. The molecule has 0 radical (unpaired) electrons. The van der Waals surface area contributed by atoms with Crippen LogP contribution in [0.2, 0.25) is 0 Å². The highest BCUT2D eigenvalue weighted by Crippen LogP contribution is 2.20. The highest BCUT2D eigenvalue weighted by molar-refractivity contribution is 5.46. The van der Waals surface area contributed by atoms with E-state index >= 15 is 0 Å². The first-order valence-corrected chi connectivity index (χ1v) is 4.98. The van der Waals surface area contributed by atoms with Gasteiger partial charge in [-0.25, -0.2) is 13.2 Å². The zero-order valence-corrected chi connectivity index (χ0v) is 9.19. The van der Waals surface area contributed by atoms with Crippen LogP contribution in [0.15, 0.2) is 12.1 Å². The lowest BCUT2D eigenvalue weighted by atomic mass is 10.2. The van der Waals surface area contributed by atoms with Crippen molar-refractivity contribution >= 4 is 5.69 Å². The Bertz CT molecular complexity index is 357. The molecule has 0 spiro atoms. The number of hydrogen-bond acceptors (Lipinski definition) is 2. The van der Waals surface area contributed by atoms with Crippen LogP contribution in [0.3, 0.4) is 0 Å². The number of methoxy groups -OCH3 is 1. The van der Waals surface area contributed by atoms with Crippen LogP contribution in [-0.4, -0.2) is 19.8 Å². The lowest BCUT2D eigenvalue weighted by molar-refractivity contribution is 0.184. The first-order valence-electron chi connectivity index (χ1n) is 4.98. The largest absolute Gasteiger partial charge is 0.383 e. The first kappa shape index (κ1) is 12.8. The standard InChI is InChI=1S/C11H14F3NO/c1-3-8(6-16-2)15-10-5-7(12)4-9(13)11(10)14/h4-5,8,15H,3,6H2,1-2H3. The quantitative estimate of drug-likeness (QED) is 0.789. The van der Waals surface area contributed by atoms with Crippen molar-refractivity contribution in [3.63, 3.8) is 0 Å². The monoisotopic (exact) mass is 233 g/mol. The molecule has 1 unspecified atom stereocenters. The summed E-state index contributed by atoms with van der Waals surface area (Å²) in [6, 6.07) is 1.26. The average molecular weight is 233 g/mol. The summed E-state index contributed by atoms with van der Waals surface area (Å²) in [6.45, 7) is 2.21. The van der Waals surface area contributed by atoms with Gasteiger partial charge < -0.3 is 10.1 Å². The van der Waals surface area contributed by atoms with Gasteiger partial charge in [-0.1, -0.05) is 6.92 Å². The zero-order chi connectivity index (χ0) is 12.1. The predicted octanol–water partition coefficient (Wildman–Crippen LogP) is 2.94. The van der Waals surface area contributed by atoms with Crippen molar-refractivity contribution in [1.29, 1.82) is 0 Å². The third-order valence-electron chi connectivity index (χ3n) is 2.21. The molecule has 0 saturated heterocycles. The molecule has 0 amide bonds. The van der Waals surface area contributed by atoms with Crippen molar-refractivity contribution in [2.45, 2.75) is 19.4 Å². The van der Waals surface area contributed by atoms with Crippen molar-refractivity contribution < 1.29 is 17.9 Å². The van der Waals surface area contributed by atoms with Gasteiger partial charge in [0.25, 0.3) is 0 Å². The van der Waals surface area contributed by atoms with E-state index in [1.165, 1.54) is 7.11 Å². The van der Waals surface area contributed by atoms with E-state index < -0.39 is 17.5 Å². The van der Waals surface area contributed by atoms with Gasteiger partial charge in [-0.15, -0.1) is 0 Å². The second kappa shape index (κ2) is 5.75. The van der Waals surface area contributed by atoms with Crippen LogP contribution < -0.4 is 5.32 Å². The van der Waals surface area contributed by atoms with E-state index in [1.54, 1.807) is 0 Å². The molecule has 0 aliphatic rings. The van der Waals surface area contributed by atoms with Gasteiger partial charge in [-0.2, -0.15) is 0 Å². The predicted molar refractivity (Wildman–Crippen MR) is 55.9 cm³/mol. The molecule has 1 N–H and O–H groups in total. The van der Waals surface area contributed by atoms with E-state index in [1.807, 2.05) is 6.92 Å². The smallest absolute Gasteiger partial charge is 0.182 e. The zero-order valence-electron chi connectivity index (χ0n) is 9.19. The van der Waals surface area contributed by atoms with Crippen molar-refractivity contribution in [3.8, 4) is 0 Å². The van der Waals surface area contributed by atoms with Gasteiger partial charge in [-0.05, 0) is 6.42 Å². The maximum Gasteiger partial charge on any atom is 0.182 e. The summed E-state index contributed by atoms with van der Waals surface area (Å²) in [5, 5.41) is 2.70. The van der Waals surface area contributed by atoms with Crippen molar-refractivity contribution in [3.05, 3.63) is 29.6 Å². The van der Waals surface area contributed by atoms with E-state index in [9.17, 15) is 13.2 Å². The second-order valence-corrected chi connectivity index (χ2v) is 3.45. The van der Waals surface area contributed by atoms with Crippen LogP contribution in [0.5, 0.6) is 0 Å². The van der Waals surface area contributed by atoms with E-state index in [-0.39, 0.29) is 11.7 Å². The van der Waals surface area contributed by atoms with Crippen LogP contribution in [0, 0.1) is 17.5 Å². The Hall–Kier alpha value is -1.23. The number of halogens is 3. The minimum atomic E-state index is -1.20. The maximum absolute atomic E-state index is 13.3. The number of ether oxygens (including phenoxy) is 1. The Morgan fingerprint density at radius 3 is 2.56 bits per heavy atom. The number of anilines is 1. The summed E-state index contributed by atoms with van der Waals surface area (Å²) in [5.74, 6) is -3.08. The fourth-order valence-electron chi connectivity index (χ4n) is 1.34. The topological polar surface area (TPSA) is 21.3 Å². The Kier molecular flexibility index (Phi) is 4.61. The molecule has 1 atom stereocenters. The SMILES string of the molecule is CCC(COC)Nc1cc(F)cc(F)c1F. The Morgan fingerprint density at radius 2 is 2.00 bits per heavy atom. The van der Waals surface area contributed by atoms with Gasteiger partial charge in [0.2, 0.25) is 0 Å². The summed E-state index contributed by atoms with van der Waals surface area (Å²) < 4.78 is 43.9. The maximum atomic E-state index is 13.3. The molecular weight excluding hydrogens is 219 g/mol. The van der Waals surface area contributed by atoms with Crippen LogP contribution >= 0.6 is 0 Å². The lowest BCUT2D eigenvalue weighted by Gasteiger charge is -2.17. The molecule has 1 aromatic rings. The molecule has 0 bridgehead atoms. The molecule has 16 heavy (non-hydrogen) atoms. The molecule has 0 aromatic heterocycles. The molecule has 0 fully saturated rings. The van der Waals surface area contributed by atoms with Crippen molar-refractivity contribution in [2.24, 2.45) is 0 Å². The van der Waals surface area contributed by atoms with E-state index in [0.29, 0.717) is 19.1 Å². The molecule has 0 saturated carbocycles. The summed E-state index contributed by atoms with van der Waals surface area (Å²) in [6.07, 6.45) is 0.658. The van der Waals surface area contributed by atoms with Crippen LogP contribution in [0.25, 0.3) is 0 Å². The Labute approximate surface area is 92.4 Å². The van der Waals surface area contributed by atoms with Crippen molar-refractivity contribution in [1.82, 2.24) is 0 Å². The number of benzene rings is 1. The highest BCUT2D eigenvalue weighted by Gasteiger charge is 2.14. The fourth-order valence-corrected chi connectivity index (χ4v) is 1.34. The third-order valence-corrected chi connectivity index (χ3v) is 2.21. The summed E-state index contributed by atoms with van der Waals surface area (Å²) >= 11 is 0. The van der Waals surface area contributed by atoms with Gasteiger partial charge in [0.05, 0.1) is 12.3 Å². The van der Waals surface area contributed by atoms with Crippen LogP contribution in [0.1, 0.15) is 13.3 Å². The molecule has 1 rings (SSSR count). The summed E-state index contributed by atoms with van der Waals surface area (Å²) in [5.41, 5.74) is -0.179. The Morgan fingerprint density at radius 1 is 1.31 bits per heavy atom. The summed E-state index contributed by atoms with van der Waals surface area (Å²) in [4.78, 5) is 0. The van der Waals surface area contributed by atoms with E-state index in [2.05, 4.69) is 5.32 Å². The average Bonchev–Trinajstić information content (AvgIpc) is 2.24. The minimum Gasteiger partial charge on any atom is -0.383 e. The molecule has 90 valence electrons. The molecular formula is C11H14F3NO. The molecule has 0 aliphatic heterocycles. The number of rotatable bonds is 5. The number of nitrogens with one attached hydrogen (secondary N) is 1. The second-order valence-electron chi connectivity index (χ2n) is 3.45. The third kappa shape index (κ3) is 3.13. The van der Waals surface area contributed by atoms with E-state index in [4.69, 9.17) is 4.74 Å². The van der Waals surface area contributed by atoms with Gasteiger partial charge >= 0.3 is 0 Å². The summed E-state index contributed by atoms with van der Waals surface area (Å²) in [7, 11) is 1.51. The highest BCUT2D eigenvalue weighted by atomic mass is 19.2. The lowest BCUT2D eigenvalue weighted by Crippen LogP contribution is -2.24. The van der Waals surface area contributed by atoms with Gasteiger partial charge in [0, 0.05) is 25.3 Å². The van der Waals surface area contributed by atoms with Gasteiger partial charge in [-0.3, -0.25) is 0 Å². The molecule has 5 heteroatoms. The van der Waals surface area contributed by atoms with Crippen LogP contribution in [0.4, 0.5) is 18.9 Å². The fraction of sp³-hybridized carbons (Fsp3) is 0.455. The Balaban J connectivity index is 2.87. The van der Waals surface area contributed by atoms with Gasteiger partial charge in [0.15, 0.2) is 11.6 Å². The molecule has 1 aromatic carbocycles. The molecule has 2 nitrogen and oxygen atoms in total. The van der Waals surface area contributed by atoms with Crippen LogP contribution in [-0.2, 0) is 4.74 Å². The first-order chi connectivity index (χ1) is 7.58. The normalized spacial score (nSPS) is 12.6. The number of hydrogen-bond donors (Lipinski definition) is 1. The minimum absolute atomic E-state index is 0.179. The molecule has 0 aliphatic carbocycles. The van der Waals surface area contributed by atoms with Crippen molar-refractivity contribution in [2.75, 3.05) is 19.0 Å².